The molecule has 0 heterocycles. The molecule has 0 aromatic heterocycles. The van der Waals surface area contributed by atoms with E-state index in [1.54, 1.807) is 0 Å². The first-order chi connectivity index (χ1) is 6.40. The van der Waals surface area contributed by atoms with E-state index in [0.29, 0.717) is 5.92 Å². The van der Waals surface area contributed by atoms with Gasteiger partial charge in [0.05, 0.1) is 5.75 Å². The van der Waals surface area contributed by atoms with Crippen molar-refractivity contribution in [1.82, 2.24) is 5.32 Å². The number of nitrogens with one attached hydrogen (secondary N) is 1. The Morgan fingerprint density at radius 3 is 2.21 bits per heavy atom. The molecule has 0 amide bonds. The van der Waals surface area contributed by atoms with Gasteiger partial charge in [0.25, 0.3) is 0 Å². The summed E-state index contributed by atoms with van der Waals surface area (Å²) in [6, 6.07) is 0.106. The Bertz CT molecular complexity index is 237. The van der Waals surface area contributed by atoms with Crippen molar-refractivity contribution in [2.45, 2.75) is 39.7 Å². The summed E-state index contributed by atoms with van der Waals surface area (Å²) >= 11 is 0. The molecule has 0 aliphatic carbocycles. The van der Waals surface area contributed by atoms with E-state index < -0.39 is 9.84 Å². The highest BCUT2D eigenvalue weighted by molar-refractivity contribution is 7.90. The lowest BCUT2D eigenvalue weighted by atomic mass is 10.0. The van der Waals surface area contributed by atoms with E-state index in [-0.39, 0.29) is 11.8 Å². The molecule has 86 valence electrons. The zero-order chi connectivity index (χ0) is 11.2. The molecule has 0 aromatic rings. The first-order valence-corrected chi connectivity index (χ1v) is 7.37. The monoisotopic (exact) mass is 221 g/mol. The molecule has 14 heavy (non-hydrogen) atoms. The Morgan fingerprint density at radius 1 is 1.29 bits per heavy atom. The summed E-state index contributed by atoms with van der Waals surface area (Å²) in [5.74, 6) is 0.665. The largest absolute Gasteiger partial charge is 0.313 e. The molecular formula is C10H23NO2S. The molecule has 0 fully saturated rings. The fourth-order valence-electron chi connectivity index (χ4n) is 1.36. The molecule has 0 rings (SSSR count). The summed E-state index contributed by atoms with van der Waals surface area (Å²) < 4.78 is 22.4. The van der Waals surface area contributed by atoms with Crippen molar-refractivity contribution in [2.75, 3.05) is 18.6 Å². The van der Waals surface area contributed by atoms with E-state index in [1.807, 2.05) is 0 Å². The molecular weight excluding hydrogens is 198 g/mol. The number of hydrogen-bond donors (Lipinski definition) is 1. The van der Waals surface area contributed by atoms with Crippen LogP contribution in [0.25, 0.3) is 0 Å². The summed E-state index contributed by atoms with van der Waals surface area (Å²) in [6.07, 6.45) is 3.35. The SMILES string of the molecule is CCCNC(CS(C)(=O)=O)C(C)CC. The van der Waals surface area contributed by atoms with Gasteiger partial charge in [0, 0.05) is 12.3 Å². The highest BCUT2D eigenvalue weighted by Gasteiger charge is 2.19. The molecule has 0 aromatic carbocycles. The second-order valence-electron chi connectivity index (χ2n) is 4.04. The van der Waals surface area contributed by atoms with Gasteiger partial charge in [0.15, 0.2) is 0 Å². The predicted molar refractivity (Wildman–Crippen MR) is 61.2 cm³/mol. The summed E-state index contributed by atoms with van der Waals surface area (Å²) in [5.41, 5.74) is 0. The number of hydrogen-bond acceptors (Lipinski definition) is 3. The second kappa shape index (κ2) is 6.40. The molecule has 3 nitrogen and oxygen atoms in total. The average molecular weight is 221 g/mol. The first kappa shape index (κ1) is 13.9. The van der Waals surface area contributed by atoms with Gasteiger partial charge in [-0.25, -0.2) is 8.42 Å². The van der Waals surface area contributed by atoms with Crippen LogP contribution < -0.4 is 5.32 Å². The summed E-state index contributed by atoms with van der Waals surface area (Å²) in [6.45, 7) is 7.16. The average Bonchev–Trinajstić information content (AvgIpc) is 2.09. The summed E-state index contributed by atoms with van der Waals surface area (Å²) in [5, 5.41) is 3.30. The van der Waals surface area contributed by atoms with E-state index in [0.717, 1.165) is 19.4 Å². The molecule has 2 atom stereocenters. The lowest BCUT2D eigenvalue weighted by molar-refractivity contribution is 0.391. The van der Waals surface area contributed by atoms with Crippen molar-refractivity contribution in [1.29, 1.82) is 0 Å². The van der Waals surface area contributed by atoms with E-state index >= 15 is 0 Å². The quantitative estimate of drug-likeness (QED) is 0.707. The van der Waals surface area contributed by atoms with Crippen molar-refractivity contribution in [3.8, 4) is 0 Å². The maximum Gasteiger partial charge on any atom is 0.148 e. The minimum Gasteiger partial charge on any atom is -0.313 e. The maximum atomic E-state index is 11.2. The molecule has 2 unspecified atom stereocenters. The molecule has 0 bridgehead atoms. The van der Waals surface area contributed by atoms with Crippen LogP contribution in [0.1, 0.15) is 33.6 Å². The fourth-order valence-corrected chi connectivity index (χ4v) is 2.46. The van der Waals surface area contributed by atoms with Gasteiger partial charge >= 0.3 is 0 Å². The van der Waals surface area contributed by atoms with E-state index in [2.05, 4.69) is 26.1 Å². The maximum absolute atomic E-state index is 11.2. The third-order valence-corrected chi connectivity index (χ3v) is 3.43. The Hall–Kier alpha value is -0.0900. The molecule has 0 aliphatic heterocycles. The summed E-state index contributed by atoms with van der Waals surface area (Å²) in [4.78, 5) is 0. The Balaban J connectivity index is 4.24. The minimum absolute atomic E-state index is 0.106. The van der Waals surface area contributed by atoms with Crippen LogP contribution in [0.4, 0.5) is 0 Å². The van der Waals surface area contributed by atoms with Crippen LogP contribution in [0.2, 0.25) is 0 Å². The van der Waals surface area contributed by atoms with Gasteiger partial charge in [-0.2, -0.15) is 0 Å². The molecule has 0 saturated carbocycles. The van der Waals surface area contributed by atoms with Gasteiger partial charge in [-0.05, 0) is 18.9 Å². The van der Waals surface area contributed by atoms with Crippen LogP contribution in [-0.4, -0.2) is 33.0 Å². The predicted octanol–water partition coefficient (Wildman–Crippen LogP) is 1.45. The highest BCUT2D eigenvalue weighted by atomic mass is 32.2. The molecule has 1 N–H and O–H groups in total. The van der Waals surface area contributed by atoms with E-state index in [9.17, 15) is 8.42 Å². The smallest absolute Gasteiger partial charge is 0.148 e. The topological polar surface area (TPSA) is 46.2 Å². The molecule has 4 heteroatoms. The van der Waals surface area contributed by atoms with Crippen LogP contribution in [0.3, 0.4) is 0 Å². The van der Waals surface area contributed by atoms with Crippen molar-refractivity contribution in [3.05, 3.63) is 0 Å². The molecule has 0 spiro atoms. The second-order valence-corrected chi connectivity index (χ2v) is 6.22. The van der Waals surface area contributed by atoms with Crippen LogP contribution >= 0.6 is 0 Å². The third kappa shape index (κ3) is 6.38. The zero-order valence-corrected chi connectivity index (χ0v) is 10.5. The summed E-state index contributed by atoms with van der Waals surface area (Å²) in [7, 11) is -2.87. The van der Waals surface area contributed by atoms with Crippen molar-refractivity contribution in [3.63, 3.8) is 0 Å². The normalized spacial score (nSPS) is 16.6. The fraction of sp³-hybridized carbons (Fsp3) is 1.00. The Kier molecular flexibility index (Phi) is 6.36. The Labute approximate surface area is 88.2 Å². The van der Waals surface area contributed by atoms with Crippen molar-refractivity contribution >= 4 is 9.84 Å². The molecule has 0 saturated heterocycles. The van der Waals surface area contributed by atoms with Crippen molar-refractivity contribution in [2.24, 2.45) is 5.92 Å². The standard InChI is InChI=1S/C10H23NO2S/c1-5-7-11-10(9(3)6-2)8-14(4,12)13/h9-11H,5-8H2,1-4H3. The van der Waals surface area contributed by atoms with E-state index in [4.69, 9.17) is 0 Å². The highest BCUT2D eigenvalue weighted by Crippen LogP contribution is 2.09. The van der Waals surface area contributed by atoms with Gasteiger partial charge in [-0.3, -0.25) is 0 Å². The minimum atomic E-state index is -2.87. The lowest BCUT2D eigenvalue weighted by Crippen LogP contribution is -2.40. The van der Waals surface area contributed by atoms with E-state index in [1.165, 1.54) is 6.26 Å². The van der Waals surface area contributed by atoms with Crippen molar-refractivity contribution < 1.29 is 8.42 Å². The third-order valence-electron chi connectivity index (χ3n) is 2.47. The van der Waals surface area contributed by atoms with Crippen LogP contribution in [0.5, 0.6) is 0 Å². The lowest BCUT2D eigenvalue weighted by Gasteiger charge is -2.23. The molecule has 0 aliphatic rings. The van der Waals surface area contributed by atoms with Gasteiger partial charge in [0.2, 0.25) is 0 Å². The number of sulfone groups is 1. The van der Waals surface area contributed by atoms with Crippen LogP contribution in [0.15, 0.2) is 0 Å². The number of rotatable bonds is 7. The first-order valence-electron chi connectivity index (χ1n) is 5.31. The zero-order valence-electron chi connectivity index (χ0n) is 9.71. The Morgan fingerprint density at radius 2 is 1.86 bits per heavy atom. The van der Waals surface area contributed by atoms with Gasteiger partial charge in [0.1, 0.15) is 9.84 Å². The van der Waals surface area contributed by atoms with Crippen LogP contribution in [0, 0.1) is 5.92 Å². The van der Waals surface area contributed by atoms with Gasteiger partial charge in [-0.1, -0.05) is 27.2 Å². The van der Waals surface area contributed by atoms with Gasteiger partial charge < -0.3 is 5.32 Å². The van der Waals surface area contributed by atoms with Gasteiger partial charge in [-0.15, -0.1) is 0 Å². The van der Waals surface area contributed by atoms with Crippen LogP contribution in [-0.2, 0) is 9.84 Å². The molecule has 0 radical (unpaired) electrons.